The van der Waals surface area contributed by atoms with Gasteiger partial charge in [-0.05, 0) is 18.8 Å². The maximum Gasteiger partial charge on any atom is 0.242 e. The normalized spacial score (nSPS) is 20.1. The number of hydrogen-bond donors (Lipinski definition) is 3. The minimum atomic E-state index is -0.788. The van der Waals surface area contributed by atoms with Crippen molar-refractivity contribution in [3.05, 3.63) is 0 Å². The van der Waals surface area contributed by atoms with E-state index in [9.17, 15) is 14.7 Å². The zero-order valence-electron chi connectivity index (χ0n) is 12.9. The third kappa shape index (κ3) is 5.49. The van der Waals surface area contributed by atoms with Crippen LogP contribution in [0.4, 0.5) is 0 Å². The highest BCUT2D eigenvalue weighted by Crippen LogP contribution is 2.26. The van der Waals surface area contributed by atoms with Crippen molar-refractivity contribution in [3.8, 4) is 0 Å². The van der Waals surface area contributed by atoms with Crippen molar-refractivity contribution in [1.82, 2.24) is 10.6 Å². The summed E-state index contributed by atoms with van der Waals surface area (Å²) < 4.78 is 0. The van der Waals surface area contributed by atoms with Gasteiger partial charge in [-0.1, -0.05) is 39.5 Å². The zero-order valence-corrected chi connectivity index (χ0v) is 12.9. The lowest BCUT2D eigenvalue weighted by Gasteiger charge is -2.28. The van der Waals surface area contributed by atoms with Crippen molar-refractivity contribution in [2.24, 2.45) is 5.92 Å². The van der Waals surface area contributed by atoms with E-state index in [4.69, 9.17) is 0 Å². The molecule has 1 unspecified atom stereocenters. The van der Waals surface area contributed by atoms with Gasteiger partial charge in [-0.25, -0.2) is 0 Å². The van der Waals surface area contributed by atoms with E-state index in [1.165, 1.54) is 6.92 Å². The summed E-state index contributed by atoms with van der Waals surface area (Å²) in [6, 6.07) is -0.540. The van der Waals surface area contributed by atoms with E-state index < -0.39 is 11.6 Å². The molecule has 0 aromatic rings. The van der Waals surface area contributed by atoms with Gasteiger partial charge in [-0.3, -0.25) is 9.59 Å². The molecule has 1 saturated carbocycles. The van der Waals surface area contributed by atoms with Crippen molar-refractivity contribution in [1.29, 1.82) is 0 Å². The lowest BCUT2D eigenvalue weighted by atomic mass is 9.94. The maximum absolute atomic E-state index is 12.2. The molecule has 0 aromatic heterocycles. The minimum absolute atomic E-state index is 0.0164. The standard InChI is InChI=1S/C15H28N2O3/c1-11(2)13(17-12(3)18)14(19)16-10-15(20)8-6-4-5-7-9-15/h11,13,20H,4-10H2,1-3H3,(H,16,19)(H,17,18). The van der Waals surface area contributed by atoms with E-state index in [1.54, 1.807) is 0 Å². The molecule has 0 aromatic carbocycles. The first-order chi connectivity index (χ1) is 9.34. The van der Waals surface area contributed by atoms with Crippen molar-refractivity contribution < 1.29 is 14.7 Å². The van der Waals surface area contributed by atoms with Gasteiger partial charge in [0.1, 0.15) is 6.04 Å². The highest BCUT2D eigenvalue weighted by molar-refractivity contribution is 5.87. The molecular weight excluding hydrogens is 256 g/mol. The van der Waals surface area contributed by atoms with E-state index >= 15 is 0 Å². The van der Waals surface area contributed by atoms with Crippen LogP contribution in [0, 0.1) is 5.92 Å². The number of aliphatic hydroxyl groups is 1. The first-order valence-corrected chi connectivity index (χ1v) is 7.61. The predicted octanol–water partition coefficient (Wildman–Crippen LogP) is 1.35. The Bertz CT molecular complexity index is 334. The van der Waals surface area contributed by atoms with Gasteiger partial charge in [0, 0.05) is 13.5 Å². The molecule has 116 valence electrons. The van der Waals surface area contributed by atoms with Crippen molar-refractivity contribution >= 4 is 11.8 Å². The molecule has 1 aliphatic carbocycles. The second-order valence-electron chi connectivity index (χ2n) is 6.28. The predicted molar refractivity (Wildman–Crippen MR) is 78.1 cm³/mol. The molecule has 0 spiro atoms. The summed E-state index contributed by atoms with van der Waals surface area (Å²) in [5.74, 6) is -0.414. The molecule has 2 amide bonds. The van der Waals surface area contributed by atoms with Gasteiger partial charge in [0.2, 0.25) is 11.8 Å². The lowest BCUT2D eigenvalue weighted by Crippen LogP contribution is -2.52. The SMILES string of the molecule is CC(=O)NC(C(=O)NCC1(O)CCCCCC1)C(C)C. The summed E-state index contributed by atoms with van der Waals surface area (Å²) in [5.41, 5.74) is -0.788. The molecule has 5 heteroatoms. The molecule has 0 saturated heterocycles. The fraction of sp³-hybridized carbons (Fsp3) is 0.867. The Balaban J connectivity index is 2.53. The third-order valence-electron chi connectivity index (χ3n) is 3.93. The topological polar surface area (TPSA) is 78.4 Å². The molecule has 1 aliphatic rings. The maximum atomic E-state index is 12.2. The van der Waals surface area contributed by atoms with Gasteiger partial charge in [0.25, 0.3) is 0 Å². The molecule has 5 nitrogen and oxygen atoms in total. The van der Waals surface area contributed by atoms with Crippen LogP contribution in [0.15, 0.2) is 0 Å². The van der Waals surface area contributed by atoms with Crippen LogP contribution in [0.1, 0.15) is 59.3 Å². The third-order valence-corrected chi connectivity index (χ3v) is 3.93. The van der Waals surface area contributed by atoms with Gasteiger partial charge in [-0.15, -0.1) is 0 Å². The van der Waals surface area contributed by atoms with Gasteiger partial charge in [0.15, 0.2) is 0 Å². The average Bonchev–Trinajstić information content (AvgIpc) is 2.58. The highest BCUT2D eigenvalue weighted by Gasteiger charge is 2.30. The smallest absolute Gasteiger partial charge is 0.242 e. The van der Waals surface area contributed by atoms with Crippen LogP contribution in [-0.2, 0) is 9.59 Å². The van der Waals surface area contributed by atoms with Crippen LogP contribution in [0.3, 0.4) is 0 Å². The first kappa shape index (κ1) is 17.0. The van der Waals surface area contributed by atoms with Crippen LogP contribution in [0.5, 0.6) is 0 Å². The minimum Gasteiger partial charge on any atom is -0.388 e. The molecular formula is C15H28N2O3. The quantitative estimate of drug-likeness (QED) is 0.667. The summed E-state index contributed by atoms with van der Waals surface area (Å²) in [4.78, 5) is 23.3. The largest absolute Gasteiger partial charge is 0.388 e. The summed E-state index contributed by atoms with van der Waals surface area (Å²) in [6.07, 6.45) is 5.78. The highest BCUT2D eigenvalue weighted by atomic mass is 16.3. The number of carbonyl (C=O) groups excluding carboxylic acids is 2. The Hall–Kier alpha value is -1.10. The van der Waals surface area contributed by atoms with Crippen LogP contribution in [0.2, 0.25) is 0 Å². The zero-order chi connectivity index (χ0) is 15.2. The molecule has 0 aliphatic heterocycles. The van der Waals surface area contributed by atoms with Gasteiger partial charge >= 0.3 is 0 Å². The second-order valence-corrected chi connectivity index (χ2v) is 6.28. The van der Waals surface area contributed by atoms with Crippen LogP contribution in [-0.4, -0.2) is 35.1 Å². The number of amides is 2. The van der Waals surface area contributed by atoms with E-state index in [0.29, 0.717) is 0 Å². The summed E-state index contributed by atoms with van der Waals surface area (Å²) >= 11 is 0. The molecule has 1 atom stereocenters. The number of nitrogens with one attached hydrogen (secondary N) is 2. The van der Waals surface area contributed by atoms with Crippen molar-refractivity contribution in [2.45, 2.75) is 70.9 Å². The number of rotatable bonds is 5. The first-order valence-electron chi connectivity index (χ1n) is 7.61. The summed E-state index contributed by atoms with van der Waals surface area (Å²) in [5, 5.41) is 16.0. The Morgan fingerprint density at radius 2 is 1.70 bits per heavy atom. The Kier molecular flexibility index (Phi) is 6.46. The number of hydrogen-bond acceptors (Lipinski definition) is 3. The van der Waals surface area contributed by atoms with Crippen molar-refractivity contribution in [2.75, 3.05) is 6.54 Å². The van der Waals surface area contributed by atoms with E-state index in [1.807, 2.05) is 13.8 Å². The van der Waals surface area contributed by atoms with Crippen LogP contribution >= 0.6 is 0 Å². The number of carbonyl (C=O) groups is 2. The van der Waals surface area contributed by atoms with E-state index in [0.717, 1.165) is 38.5 Å². The molecule has 3 N–H and O–H groups in total. The van der Waals surface area contributed by atoms with Crippen LogP contribution in [0.25, 0.3) is 0 Å². The molecule has 1 fully saturated rings. The molecule has 0 radical (unpaired) electrons. The molecule has 1 rings (SSSR count). The van der Waals surface area contributed by atoms with Crippen LogP contribution < -0.4 is 10.6 Å². The van der Waals surface area contributed by atoms with Gasteiger partial charge in [-0.2, -0.15) is 0 Å². The summed E-state index contributed by atoms with van der Waals surface area (Å²) in [6.45, 7) is 5.46. The summed E-state index contributed by atoms with van der Waals surface area (Å²) in [7, 11) is 0. The monoisotopic (exact) mass is 284 g/mol. The fourth-order valence-corrected chi connectivity index (χ4v) is 2.68. The fourth-order valence-electron chi connectivity index (χ4n) is 2.68. The molecule has 0 bridgehead atoms. The molecule has 20 heavy (non-hydrogen) atoms. The van der Waals surface area contributed by atoms with E-state index in [-0.39, 0.29) is 24.3 Å². The van der Waals surface area contributed by atoms with Gasteiger partial charge in [0.05, 0.1) is 5.60 Å². The second kappa shape index (κ2) is 7.62. The average molecular weight is 284 g/mol. The Morgan fingerprint density at radius 1 is 1.15 bits per heavy atom. The van der Waals surface area contributed by atoms with E-state index in [2.05, 4.69) is 10.6 Å². The molecule has 0 heterocycles. The Labute approximate surface area is 121 Å². The lowest BCUT2D eigenvalue weighted by molar-refractivity contribution is -0.130. The van der Waals surface area contributed by atoms with Gasteiger partial charge < -0.3 is 15.7 Å². The Morgan fingerprint density at radius 3 is 2.15 bits per heavy atom. The van der Waals surface area contributed by atoms with Crippen molar-refractivity contribution in [3.63, 3.8) is 0 Å².